The van der Waals surface area contributed by atoms with Crippen molar-refractivity contribution in [1.29, 1.82) is 0 Å². The van der Waals surface area contributed by atoms with E-state index in [0.29, 0.717) is 12.1 Å². The van der Waals surface area contributed by atoms with Gasteiger partial charge in [0, 0.05) is 29.1 Å². The molecule has 0 amide bonds. The van der Waals surface area contributed by atoms with Gasteiger partial charge in [-0.05, 0) is 37.7 Å². The number of ketones is 1. The molecular formula is C16H19N3O3S. The molecule has 0 fully saturated rings. The van der Waals surface area contributed by atoms with Gasteiger partial charge < -0.3 is 10.2 Å². The predicted molar refractivity (Wildman–Crippen MR) is 91.0 cm³/mol. The van der Waals surface area contributed by atoms with Crippen LogP contribution in [0.5, 0.6) is 0 Å². The molecule has 1 aromatic heterocycles. The highest BCUT2D eigenvalue weighted by Crippen LogP contribution is 2.22. The zero-order valence-corrected chi connectivity index (χ0v) is 13.9. The summed E-state index contributed by atoms with van der Waals surface area (Å²) in [6.07, 6.45) is 0. The van der Waals surface area contributed by atoms with Gasteiger partial charge >= 0.3 is 0 Å². The first-order valence-electron chi connectivity index (χ1n) is 7.17. The zero-order valence-electron chi connectivity index (χ0n) is 13.1. The number of rotatable bonds is 8. The molecule has 6 nitrogen and oxygen atoms in total. The number of benzene rings is 1. The second kappa shape index (κ2) is 7.96. The lowest BCUT2D eigenvalue weighted by atomic mass is 10.1. The summed E-state index contributed by atoms with van der Waals surface area (Å²) in [5.74, 6) is -0.0800. The second-order valence-corrected chi connectivity index (χ2v) is 6.33. The average Bonchev–Trinajstić information content (AvgIpc) is 3.05. The molecule has 0 spiro atoms. The molecule has 0 aliphatic carbocycles. The first kappa shape index (κ1) is 17.3. The normalized spacial score (nSPS) is 12.3. The smallest absolute Gasteiger partial charge is 0.269 e. The lowest BCUT2D eigenvalue weighted by Crippen LogP contribution is -2.33. The maximum Gasteiger partial charge on any atom is 0.269 e. The molecule has 0 bridgehead atoms. The van der Waals surface area contributed by atoms with E-state index in [4.69, 9.17) is 0 Å². The number of carbonyl (C=O) groups excluding carboxylic acids is 1. The number of nitrogens with one attached hydrogen (secondary N) is 1. The SMILES string of the molecule is CN(C)C(CNCC(=O)c1ccc([N+](=O)[O-])cc1)c1cccs1. The van der Waals surface area contributed by atoms with Gasteiger partial charge in [0.15, 0.2) is 5.78 Å². The Morgan fingerprint density at radius 1 is 1.30 bits per heavy atom. The van der Waals surface area contributed by atoms with Crippen LogP contribution < -0.4 is 5.32 Å². The lowest BCUT2D eigenvalue weighted by Gasteiger charge is -2.23. The van der Waals surface area contributed by atoms with Gasteiger partial charge in [-0.15, -0.1) is 11.3 Å². The predicted octanol–water partition coefficient (Wildman–Crippen LogP) is 2.73. The summed E-state index contributed by atoms with van der Waals surface area (Å²) in [5.41, 5.74) is 0.459. The molecule has 7 heteroatoms. The number of hydrogen-bond donors (Lipinski definition) is 1. The van der Waals surface area contributed by atoms with Crippen molar-refractivity contribution in [3.63, 3.8) is 0 Å². The Bertz CT molecular complexity index is 654. The molecule has 0 radical (unpaired) electrons. The van der Waals surface area contributed by atoms with E-state index in [2.05, 4.69) is 16.3 Å². The highest BCUT2D eigenvalue weighted by Gasteiger charge is 2.16. The van der Waals surface area contributed by atoms with Crippen molar-refractivity contribution in [3.8, 4) is 0 Å². The molecule has 1 aromatic carbocycles. The maximum absolute atomic E-state index is 12.1. The van der Waals surface area contributed by atoms with Crippen LogP contribution in [0.4, 0.5) is 5.69 Å². The summed E-state index contributed by atoms with van der Waals surface area (Å²) in [6.45, 7) is 0.861. The maximum atomic E-state index is 12.1. The largest absolute Gasteiger partial charge is 0.308 e. The van der Waals surface area contributed by atoms with E-state index < -0.39 is 4.92 Å². The van der Waals surface area contributed by atoms with Gasteiger partial charge in [-0.2, -0.15) is 0 Å². The monoisotopic (exact) mass is 333 g/mol. The first-order valence-corrected chi connectivity index (χ1v) is 8.05. The van der Waals surface area contributed by atoms with Crippen LogP contribution in [-0.2, 0) is 0 Å². The van der Waals surface area contributed by atoms with Crippen LogP contribution in [0.15, 0.2) is 41.8 Å². The second-order valence-electron chi connectivity index (χ2n) is 5.35. The summed E-state index contributed by atoms with van der Waals surface area (Å²) >= 11 is 1.69. The van der Waals surface area contributed by atoms with Gasteiger partial charge in [0.2, 0.25) is 0 Å². The molecule has 0 saturated carbocycles. The lowest BCUT2D eigenvalue weighted by molar-refractivity contribution is -0.384. The summed E-state index contributed by atoms with van der Waals surface area (Å²) in [4.78, 5) is 25.6. The van der Waals surface area contributed by atoms with Gasteiger partial charge in [0.1, 0.15) is 0 Å². The molecule has 2 aromatic rings. The number of hydrogen-bond acceptors (Lipinski definition) is 6. The van der Waals surface area contributed by atoms with Gasteiger partial charge in [-0.3, -0.25) is 14.9 Å². The third-order valence-electron chi connectivity index (χ3n) is 3.52. The highest BCUT2D eigenvalue weighted by molar-refractivity contribution is 7.10. The van der Waals surface area contributed by atoms with Crippen LogP contribution in [0.1, 0.15) is 21.3 Å². The highest BCUT2D eigenvalue weighted by atomic mass is 32.1. The molecule has 0 aliphatic heterocycles. The Labute approximate surface area is 138 Å². The molecule has 122 valence electrons. The van der Waals surface area contributed by atoms with E-state index in [1.165, 1.54) is 29.1 Å². The van der Waals surface area contributed by atoms with Crippen molar-refractivity contribution in [3.05, 3.63) is 62.3 Å². The van der Waals surface area contributed by atoms with Gasteiger partial charge in [0.05, 0.1) is 17.5 Å². The van der Waals surface area contributed by atoms with Crippen LogP contribution in [0.2, 0.25) is 0 Å². The van der Waals surface area contributed by atoms with E-state index in [9.17, 15) is 14.9 Å². The average molecular weight is 333 g/mol. The fourth-order valence-corrected chi connectivity index (χ4v) is 3.13. The van der Waals surface area contributed by atoms with Crippen molar-refractivity contribution < 1.29 is 9.72 Å². The quantitative estimate of drug-likeness (QED) is 0.457. The van der Waals surface area contributed by atoms with Crippen molar-refractivity contribution in [2.24, 2.45) is 0 Å². The van der Waals surface area contributed by atoms with Gasteiger partial charge in [-0.25, -0.2) is 0 Å². The Morgan fingerprint density at radius 3 is 2.52 bits per heavy atom. The van der Waals surface area contributed by atoms with Crippen molar-refractivity contribution in [1.82, 2.24) is 10.2 Å². The number of likely N-dealkylation sites (N-methyl/N-ethyl adjacent to an activating group) is 1. The van der Waals surface area contributed by atoms with E-state index in [1.54, 1.807) is 11.3 Å². The third kappa shape index (κ3) is 4.69. The Kier molecular flexibility index (Phi) is 5.97. The zero-order chi connectivity index (χ0) is 16.8. The summed E-state index contributed by atoms with van der Waals surface area (Å²) < 4.78 is 0. The van der Waals surface area contributed by atoms with E-state index in [-0.39, 0.29) is 24.1 Å². The fraction of sp³-hybridized carbons (Fsp3) is 0.312. The Balaban J connectivity index is 1.89. The van der Waals surface area contributed by atoms with Crippen LogP contribution in [0.25, 0.3) is 0 Å². The number of Topliss-reactive ketones (excluding diaryl/α,β-unsaturated/α-hetero) is 1. The van der Waals surface area contributed by atoms with Crippen molar-refractivity contribution in [2.45, 2.75) is 6.04 Å². The number of thiophene rings is 1. The summed E-state index contributed by atoms with van der Waals surface area (Å²) in [6, 6.07) is 9.98. The van der Waals surface area contributed by atoms with Crippen LogP contribution in [-0.4, -0.2) is 42.8 Å². The summed E-state index contributed by atoms with van der Waals surface area (Å²) in [5, 5.41) is 15.8. The first-order chi connectivity index (χ1) is 11.0. The molecule has 1 heterocycles. The van der Waals surface area contributed by atoms with Crippen molar-refractivity contribution >= 4 is 22.8 Å². The minimum Gasteiger partial charge on any atom is -0.308 e. The number of carbonyl (C=O) groups is 1. The molecular weight excluding hydrogens is 314 g/mol. The number of non-ortho nitro benzene ring substituents is 1. The standard InChI is InChI=1S/C16H19N3O3S/c1-18(2)14(16-4-3-9-23-16)10-17-11-15(20)12-5-7-13(8-6-12)19(21)22/h3-9,14,17H,10-11H2,1-2H3. The fourth-order valence-electron chi connectivity index (χ4n) is 2.21. The van der Waals surface area contributed by atoms with Crippen LogP contribution >= 0.6 is 11.3 Å². The van der Waals surface area contributed by atoms with Gasteiger partial charge in [0.25, 0.3) is 5.69 Å². The van der Waals surface area contributed by atoms with Gasteiger partial charge in [-0.1, -0.05) is 6.07 Å². The van der Waals surface area contributed by atoms with Crippen molar-refractivity contribution in [2.75, 3.05) is 27.2 Å². The van der Waals surface area contributed by atoms with E-state index in [1.807, 2.05) is 25.5 Å². The molecule has 2 rings (SSSR count). The summed E-state index contributed by atoms with van der Waals surface area (Å²) in [7, 11) is 4.01. The minimum atomic E-state index is -0.477. The van der Waals surface area contributed by atoms with E-state index >= 15 is 0 Å². The van der Waals surface area contributed by atoms with Crippen LogP contribution in [0, 0.1) is 10.1 Å². The molecule has 1 unspecified atom stereocenters. The van der Waals surface area contributed by atoms with Crippen LogP contribution in [0.3, 0.4) is 0 Å². The third-order valence-corrected chi connectivity index (χ3v) is 4.49. The molecule has 0 saturated heterocycles. The Hall–Kier alpha value is -2.09. The molecule has 1 atom stereocenters. The Morgan fingerprint density at radius 2 is 2.00 bits per heavy atom. The molecule has 23 heavy (non-hydrogen) atoms. The molecule has 0 aliphatic rings. The molecule has 1 N–H and O–H groups in total. The number of nitro benzene ring substituents is 1. The number of nitro groups is 1. The van der Waals surface area contributed by atoms with E-state index in [0.717, 1.165) is 0 Å². The number of nitrogens with zero attached hydrogens (tertiary/aromatic N) is 2. The minimum absolute atomic E-state index is 0.0140. The topological polar surface area (TPSA) is 75.5 Å².